The van der Waals surface area contributed by atoms with Crippen molar-refractivity contribution >= 4 is 29.0 Å². The van der Waals surface area contributed by atoms with Gasteiger partial charge in [0.15, 0.2) is 11.7 Å². The van der Waals surface area contributed by atoms with Gasteiger partial charge in [-0.3, -0.25) is 4.79 Å². The summed E-state index contributed by atoms with van der Waals surface area (Å²) in [6.45, 7) is 0. The molecule has 6 nitrogen and oxygen atoms in total. The second kappa shape index (κ2) is 9.91. The number of aromatic nitrogens is 2. The standard InChI is InChI=1S/C27H22ClF3N4O2/c28-18-11-12-20(19(13-18)25(36)17-9-5-2-6-10-17)33-26(37)22-15-24-32-21(16-7-3-1-4-8-16)14-23(27(29,30)31)35(24)34-22/h1-13,15,21,23,25,32,36H,14H2,(H,33,37)/t21-,23+,25-/m1/s1. The summed E-state index contributed by atoms with van der Waals surface area (Å²) in [7, 11) is 0. The van der Waals surface area contributed by atoms with Crippen molar-refractivity contribution in [2.75, 3.05) is 10.6 Å². The molecule has 2 heterocycles. The molecule has 3 aromatic carbocycles. The molecule has 3 atom stereocenters. The molecular formula is C27H22ClF3N4O2. The molecule has 0 bridgehead atoms. The molecule has 10 heteroatoms. The molecule has 0 saturated carbocycles. The zero-order chi connectivity index (χ0) is 26.2. The number of halogens is 4. The van der Waals surface area contributed by atoms with Gasteiger partial charge in [0, 0.05) is 28.8 Å². The minimum absolute atomic E-state index is 0.0910. The summed E-state index contributed by atoms with van der Waals surface area (Å²) in [6, 6.07) is 21.0. The maximum Gasteiger partial charge on any atom is 0.410 e. The van der Waals surface area contributed by atoms with Gasteiger partial charge in [-0.05, 0) is 29.3 Å². The van der Waals surface area contributed by atoms with Crippen LogP contribution in [0.5, 0.6) is 0 Å². The summed E-state index contributed by atoms with van der Waals surface area (Å²) in [5, 5.41) is 21.0. The lowest BCUT2D eigenvalue weighted by atomic mass is 9.97. The normalized spacial score (nSPS) is 18.0. The van der Waals surface area contributed by atoms with E-state index in [-0.39, 0.29) is 23.6 Å². The molecule has 0 spiro atoms. The number of benzene rings is 3. The summed E-state index contributed by atoms with van der Waals surface area (Å²) in [4.78, 5) is 13.1. The van der Waals surface area contributed by atoms with E-state index < -0.39 is 30.3 Å². The molecule has 37 heavy (non-hydrogen) atoms. The van der Waals surface area contributed by atoms with Crippen LogP contribution in [0.2, 0.25) is 5.02 Å². The monoisotopic (exact) mass is 526 g/mol. The van der Waals surface area contributed by atoms with Crippen LogP contribution in [0.3, 0.4) is 0 Å². The number of aliphatic hydroxyl groups is 1. The van der Waals surface area contributed by atoms with Crippen molar-refractivity contribution in [2.24, 2.45) is 0 Å². The Kier molecular flexibility index (Phi) is 6.66. The lowest BCUT2D eigenvalue weighted by Gasteiger charge is -2.33. The van der Waals surface area contributed by atoms with Gasteiger partial charge in [0.2, 0.25) is 0 Å². The second-order valence-corrected chi connectivity index (χ2v) is 9.20. The van der Waals surface area contributed by atoms with Crippen molar-refractivity contribution in [1.82, 2.24) is 9.78 Å². The third kappa shape index (κ3) is 5.19. The predicted molar refractivity (Wildman–Crippen MR) is 135 cm³/mol. The first-order valence-corrected chi connectivity index (χ1v) is 11.9. The van der Waals surface area contributed by atoms with E-state index in [1.54, 1.807) is 60.7 Å². The molecule has 1 aliphatic rings. The SMILES string of the molecule is O=C(Nc1ccc(Cl)cc1[C@H](O)c1ccccc1)c1cc2n(n1)[C@H](C(F)(F)F)C[C@H](c1ccccc1)N2. The third-order valence-corrected chi connectivity index (χ3v) is 6.53. The molecule has 0 unspecified atom stereocenters. The van der Waals surface area contributed by atoms with E-state index in [1.165, 1.54) is 18.2 Å². The Labute approximate surface area is 215 Å². The fourth-order valence-corrected chi connectivity index (χ4v) is 4.64. The van der Waals surface area contributed by atoms with Gasteiger partial charge in [0.05, 0.1) is 6.04 Å². The van der Waals surface area contributed by atoms with E-state index in [2.05, 4.69) is 15.7 Å². The van der Waals surface area contributed by atoms with Crippen LogP contribution in [0.1, 0.15) is 51.8 Å². The Hall–Kier alpha value is -3.82. The van der Waals surface area contributed by atoms with E-state index >= 15 is 0 Å². The summed E-state index contributed by atoms with van der Waals surface area (Å²) in [6.07, 6.45) is -5.92. The molecular weight excluding hydrogens is 505 g/mol. The Bertz CT molecular complexity index is 1410. The van der Waals surface area contributed by atoms with Crippen LogP contribution in [-0.4, -0.2) is 27.0 Å². The van der Waals surface area contributed by atoms with Gasteiger partial charge in [-0.2, -0.15) is 18.3 Å². The molecule has 1 amide bonds. The third-order valence-electron chi connectivity index (χ3n) is 6.30. The van der Waals surface area contributed by atoms with Gasteiger partial charge in [-0.1, -0.05) is 72.3 Å². The molecule has 1 aliphatic heterocycles. The van der Waals surface area contributed by atoms with E-state index in [9.17, 15) is 23.1 Å². The average molecular weight is 527 g/mol. The highest BCUT2D eigenvalue weighted by Gasteiger charge is 2.46. The Morgan fingerprint density at radius 3 is 2.41 bits per heavy atom. The van der Waals surface area contributed by atoms with Gasteiger partial charge < -0.3 is 15.7 Å². The van der Waals surface area contributed by atoms with E-state index in [0.29, 0.717) is 21.7 Å². The Balaban J connectivity index is 1.45. The van der Waals surface area contributed by atoms with Crippen molar-refractivity contribution < 1.29 is 23.1 Å². The fourth-order valence-electron chi connectivity index (χ4n) is 4.46. The maximum atomic E-state index is 14.0. The number of hydrogen-bond donors (Lipinski definition) is 3. The molecule has 0 aliphatic carbocycles. The van der Waals surface area contributed by atoms with Crippen LogP contribution in [0.4, 0.5) is 24.7 Å². The number of alkyl halides is 3. The van der Waals surface area contributed by atoms with Crippen LogP contribution in [0, 0.1) is 0 Å². The first-order valence-electron chi connectivity index (χ1n) is 11.5. The van der Waals surface area contributed by atoms with E-state index in [1.807, 2.05) is 6.07 Å². The maximum absolute atomic E-state index is 14.0. The number of anilines is 2. The quantitative estimate of drug-likeness (QED) is 0.276. The van der Waals surface area contributed by atoms with Gasteiger partial charge in [-0.25, -0.2) is 4.68 Å². The van der Waals surface area contributed by atoms with Crippen LogP contribution in [0.25, 0.3) is 0 Å². The Morgan fingerprint density at radius 2 is 1.73 bits per heavy atom. The summed E-state index contributed by atoms with van der Waals surface area (Å²) < 4.78 is 42.7. The zero-order valence-electron chi connectivity index (χ0n) is 19.3. The number of rotatable bonds is 5. The largest absolute Gasteiger partial charge is 0.410 e. The summed E-state index contributed by atoms with van der Waals surface area (Å²) in [5.41, 5.74) is 1.70. The predicted octanol–water partition coefficient (Wildman–Crippen LogP) is 6.53. The number of fused-ring (bicyclic) bond motifs is 1. The lowest BCUT2D eigenvalue weighted by molar-refractivity contribution is -0.173. The van der Waals surface area contributed by atoms with Crippen molar-refractivity contribution in [1.29, 1.82) is 0 Å². The topological polar surface area (TPSA) is 79.2 Å². The van der Waals surface area contributed by atoms with Crippen molar-refractivity contribution in [3.8, 4) is 0 Å². The molecule has 3 N–H and O–H groups in total. The average Bonchev–Trinajstić information content (AvgIpc) is 3.33. The number of amides is 1. The van der Waals surface area contributed by atoms with Crippen LogP contribution >= 0.6 is 11.6 Å². The number of nitrogens with one attached hydrogen (secondary N) is 2. The highest BCUT2D eigenvalue weighted by molar-refractivity contribution is 6.30. The molecule has 0 fully saturated rings. The molecule has 0 saturated heterocycles. The first-order chi connectivity index (χ1) is 17.7. The van der Waals surface area contributed by atoms with Crippen molar-refractivity contribution in [2.45, 2.75) is 30.8 Å². The minimum Gasteiger partial charge on any atom is -0.384 e. The van der Waals surface area contributed by atoms with Gasteiger partial charge in [0.25, 0.3) is 5.91 Å². The smallest absolute Gasteiger partial charge is 0.384 e. The summed E-state index contributed by atoms with van der Waals surface area (Å²) in [5.74, 6) is -0.627. The van der Waals surface area contributed by atoms with E-state index in [4.69, 9.17) is 11.6 Å². The first kappa shape index (κ1) is 24.9. The number of aliphatic hydroxyl groups excluding tert-OH is 1. The number of hydrogen-bond acceptors (Lipinski definition) is 4. The molecule has 190 valence electrons. The van der Waals surface area contributed by atoms with Crippen LogP contribution < -0.4 is 10.6 Å². The zero-order valence-corrected chi connectivity index (χ0v) is 20.0. The van der Waals surface area contributed by atoms with E-state index in [0.717, 1.165) is 4.68 Å². The number of nitrogens with zero attached hydrogens (tertiary/aromatic N) is 2. The number of carbonyl (C=O) groups excluding carboxylic acids is 1. The molecule has 0 radical (unpaired) electrons. The summed E-state index contributed by atoms with van der Waals surface area (Å²) >= 11 is 6.14. The Morgan fingerprint density at radius 1 is 1.05 bits per heavy atom. The lowest BCUT2D eigenvalue weighted by Crippen LogP contribution is -2.35. The fraction of sp³-hybridized carbons (Fsp3) is 0.185. The number of carbonyl (C=O) groups is 1. The van der Waals surface area contributed by atoms with Crippen LogP contribution in [0.15, 0.2) is 84.9 Å². The van der Waals surface area contributed by atoms with Gasteiger partial charge in [0.1, 0.15) is 11.9 Å². The highest BCUT2D eigenvalue weighted by atomic mass is 35.5. The highest BCUT2D eigenvalue weighted by Crippen LogP contribution is 2.43. The van der Waals surface area contributed by atoms with Gasteiger partial charge in [-0.15, -0.1) is 0 Å². The molecule has 5 rings (SSSR count). The van der Waals surface area contributed by atoms with Gasteiger partial charge >= 0.3 is 6.18 Å². The van der Waals surface area contributed by atoms with Crippen molar-refractivity contribution in [3.05, 3.63) is 112 Å². The molecule has 1 aromatic heterocycles. The second-order valence-electron chi connectivity index (χ2n) is 8.76. The van der Waals surface area contributed by atoms with Crippen molar-refractivity contribution in [3.63, 3.8) is 0 Å². The molecule has 4 aromatic rings. The minimum atomic E-state index is -4.56. The van der Waals surface area contributed by atoms with Crippen LogP contribution in [-0.2, 0) is 0 Å².